The van der Waals surface area contributed by atoms with Gasteiger partial charge in [0.1, 0.15) is 11.5 Å². The van der Waals surface area contributed by atoms with Crippen LogP contribution in [0.3, 0.4) is 0 Å². The summed E-state index contributed by atoms with van der Waals surface area (Å²) >= 11 is 0. The first-order valence-electron chi connectivity index (χ1n) is 5.52. The lowest BCUT2D eigenvalue weighted by molar-refractivity contribution is -0.384. The Labute approximate surface area is 98.2 Å². The number of rotatable bonds is 2. The topological polar surface area (TPSA) is 72.4 Å². The van der Waals surface area contributed by atoms with E-state index in [1.807, 2.05) is 4.90 Å². The highest BCUT2D eigenvalue weighted by Gasteiger charge is 2.24. The average molecular weight is 239 g/mol. The summed E-state index contributed by atoms with van der Waals surface area (Å²) in [4.78, 5) is 12.2. The lowest BCUT2D eigenvalue weighted by Gasteiger charge is -2.32. The fraction of sp³-hybridized carbons (Fsp3) is 0.455. The second-order valence-corrected chi connectivity index (χ2v) is 4.24. The molecular weight excluding hydrogens is 225 g/mol. The third-order valence-corrected chi connectivity index (χ3v) is 2.93. The minimum atomic E-state index is -0.596. The number of hydrogen-bond acceptors (Lipinski definition) is 4. The summed E-state index contributed by atoms with van der Waals surface area (Å²) in [5.74, 6) is -0.596. The fourth-order valence-electron chi connectivity index (χ4n) is 2.14. The molecule has 17 heavy (non-hydrogen) atoms. The van der Waals surface area contributed by atoms with Crippen molar-refractivity contribution in [2.75, 3.05) is 18.0 Å². The van der Waals surface area contributed by atoms with Crippen LogP contribution in [-0.2, 0) is 0 Å². The van der Waals surface area contributed by atoms with Crippen molar-refractivity contribution in [2.45, 2.75) is 18.9 Å². The molecule has 1 aromatic carbocycles. The molecule has 0 saturated carbocycles. The van der Waals surface area contributed by atoms with Crippen molar-refractivity contribution in [1.29, 1.82) is 0 Å². The van der Waals surface area contributed by atoms with Crippen LogP contribution >= 0.6 is 0 Å². The lowest BCUT2D eigenvalue weighted by Crippen LogP contribution is -2.43. The van der Waals surface area contributed by atoms with Crippen LogP contribution in [0.1, 0.15) is 12.8 Å². The average Bonchev–Trinajstić information content (AvgIpc) is 2.28. The van der Waals surface area contributed by atoms with Gasteiger partial charge in [-0.3, -0.25) is 10.1 Å². The predicted molar refractivity (Wildman–Crippen MR) is 62.5 cm³/mol. The Morgan fingerprint density at radius 3 is 2.94 bits per heavy atom. The van der Waals surface area contributed by atoms with Gasteiger partial charge in [-0.25, -0.2) is 4.39 Å². The normalized spacial score (nSPS) is 20.4. The highest BCUT2D eigenvalue weighted by atomic mass is 19.1. The van der Waals surface area contributed by atoms with Crippen molar-refractivity contribution in [3.8, 4) is 0 Å². The molecule has 1 atom stereocenters. The molecule has 1 saturated heterocycles. The molecule has 2 N–H and O–H groups in total. The van der Waals surface area contributed by atoms with Gasteiger partial charge in [0.2, 0.25) is 0 Å². The molecule has 0 aromatic heterocycles. The van der Waals surface area contributed by atoms with E-state index in [1.165, 1.54) is 12.1 Å². The van der Waals surface area contributed by atoms with E-state index in [-0.39, 0.29) is 11.7 Å². The van der Waals surface area contributed by atoms with Gasteiger partial charge in [-0.2, -0.15) is 0 Å². The van der Waals surface area contributed by atoms with Gasteiger partial charge in [0.15, 0.2) is 0 Å². The molecule has 0 bridgehead atoms. The number of nitrogens with zero attached hydrogens (tertiary/aromatic N) is 2. The first-order chi connectivity index (χ1) is 8.08. The summed E-state index contributed by atoms with van der Waals surface area (Å²) in [6.45, 7) is 1.30. The fourth-order valence-corrected chi connectivity index (χ4v) is 2.14. The zero-order chi connectivity index (χ0) is 12.4. The van der Waals surface area contributed by atoms with Crippen LogP contribution in [0.4, 0.5) is 15.8 Å². The smallest absolute Gasteiger partial charge is 0.295 e. The highest BCUT2D eigenvalue weighted by molar-refractivity contribution is 5.63. The Kier molecular flexibility index (Phi) is 3.23. The van der Waals surface area contributed by atoms with Crippen molar-refractivity contribution in [3.05, 3.63) is 34.1 Å². The van der Waals surface area contributed by atoms with Crippen LogP contribution < -0.4 is 10.6 Å². The number of nitrogens with two attached hydrogens (primary N) is 1. The molecule has 0 amide bonds. The molecule has 1 aliphatic rings. The maximum absolute atomic E-state index is 13.0. The van der Waals surface area contributed by atoms with E-state index in [4.69, 9.17) is 5.73 Å². The molecule has 1 heterocycles. The van der Waals surface area contributed by atoms with Crippen LogP contribution in [0.25, 0.3) is 0 Å². The summed E-state index contributed by atoms with van der Waals surface area (Å²) in [6.07, 6.45) is 1.82. The maximum atomic E-state index is 13.0. The zero-order valence-corrected chi connectivity index (χ0v) is 9.30. The summed E-state index contributed by atoms with van der Waals surface area (Å²) in [6, 6.07) is 3.66. The SMILES string of the molecule is N[C@@H]1CCCN(c2ccc(F)cc2[N+](=O)[O-])C1. The van der Waals surface area contributed by atoms with Gasteiger partial charge in [-0.05, 0) is 25.0 Å². The Morgan fingerprint density at radius 2 is 2.29 bits per heavy atom. The Morgan fingerprint density at radius 1 is 1.53 bits per heavy atom. The van der Waals surface area contributed by atoms with E-state index in [1.54, 1.807) is 0 Å². The number of halogens is 1. The van der Waals surface area contributed by atoms with Crippen molar-refractivity contribution in [1.82, 2.24) is 0 Å². The van der Waals surface area contributed by atoms with Crippen LogP contribution in [0.15, 0.2) is 18.2 Å². The van der Waals surface area contributed by atoms with E-state index in [0.29, 0.717) is 12.2 Å². The minimum absolute atomic E-state index is 0.0217. The summed E-state index contributed by atoms with van der Waals surface area (Å²) in [5, 5.41) is 10.9. The quantitative estimate of drug-likeness (QED) is 0.629. The van der Waals surface area contributed by atoms with Gasteiger partial charge in [0.05, 0.1) is 11.0 Å². The second kappa shape index (κ2) is 4.67. The summed E-state index contributed by atoms with van der Waals surface area (Å²) in [5.41, 5.74) is 6.09. The van der Waals surface area contributed by atoms with Gasteiger partial charge in [-0.1, -0.05) is 0 Å². The van der Waals surface area contributed by atoms with Crippen molar-refractivity contribution < 1.29 is 9.31 Å². The van der Waals surface area contributed by atoms with Gasteiger partial charge >= 0.3 is 0 Å². The molecule has 1 aliphatic heterocycles. The van der Waals surface area contributed by atoms with Gasteiger partial charge in [0.25, 0.3) is 5.69 Å². The molecule has 1 aromatic rings. The third kappa shape index (κ3) is 2.52. The minimum Gasteiger partial charge on any atom is -0.364 e. The van der Waals surface area contributed by atoms with Gasteiger partial charge in [0, 0.05) is 19.1 Å². The number of anilines is 1. The molecule has 5 nitrogen and oxygen atoms in total. The van der Waals surface area contributed by atoms with Crippen LogP contribution in [0, 0.1) is 15.9 Å². The molecule has 0 spiro atoms. The van der Waals surface area contributed by atoms with E-state index >= 15 is 0 Å². The summed E-state index contributed by atoms with van der Waals surface area (Å²) in [7, 11) is 0. The number of nitro benzene ring substituents is 1. The van der Waals surface area contributed by atoms with Crippen LogP contribution in [-0.4, -0.2) is 24.1 Å². The van der Waals surface area contributed by atoms with Crippen molar-refractivity contribution >= 4 is 11.4 Å². The van der Waals surface area contributed by atoms with E-state index in [9.17, 15) is 14.5 Å². The number of nitro groups is 1. The summed E-state index contributed by atoms with van der Waals surface area (Å²) < 4.78 is 13.0. The molecule has 1 fully saturated rings. The van der Waals surface area contributed by atoms with Crippen molar-refractivity contribution in [2.24, 2.45) is 5.73 Å². The standard InChI is InChI=1S/C11H14FN3O2/c12-8-3-4-10(11(6-8)15(16)17)14-5-1-2-9(13)7-14/h3-4,6,9H,1-2,5,7,13H2/t9-/m1/s1. The molecular formula is C11H14FN3O2. The number of piperidine rings is 1. The third-order valence-electron chi connectivity index (χ3n) is 2.93. The molecule has 92 valence electrons. The first-order valence-corrected chi connectivity index (χ1v) is 5.52. The molecule has 2 rings (SSSR count). The predicted octanol–water partition coefficient (Wildman–Crippen LogP) is 1.66. The molecule has 0 radical (unpaired) electrons. The van der Waals surface area contributed by atoms with Gasteiger partial charge in [-0.15, -0.1) is 0 Å². The molecule has 0 unspecified atom stereocenters. The Bertz CT molecular complexity index is 439. The Hall–Kier alpha value is -1.69. The number of hydrogen-bond donors (Lipinski definition) is 1. The molecule has 6 heteroatoms. The monoisotopic (exact) mass is 239 g/mol. The van der Waals surface area contributed by atoms with Crippen LogP contribution in [0.2, 0.25) is 0 Å². The maximum Gasteiger partial charge on any atom is 0.295 e. The second-order valence-electron chi connectivity index (χ2n) is 4.24. The molecule has 0 aliphatic carbocycles. The van der Waals surface area contributed by atoms with Crippen molar-refractivity contribution in [3.63, 3.8) is 0 Å². The van der Waals surface area contributed by atoms with Gasteiger partial charge < -0.3 is 10.6 Å². The lowest BCUT2D eigenvalue weighted by atomic mass is 10.1. The first kappa shape index (κ1) is 11.8. The number of benzene rings is 1. The van der Waals surface area contributed by atoms with E-state index < -0.39 is 10.7 Å². The Balaban J connectivity index is 2.33. The largest absolute Gasteiger partial charge is 0.364 e. The van der Waals surface area contributed by atoms with Crippen LogP contribution in [0.5, 0.6) is 0 Å². The highest BCUT2D eigenvalue weighted by Crippen LogP contribution is 2.30. The zero-order valence-electron chi connectivity index (χ0n) is 9.30. The van der Waals surface area contributed by atoms with E-state index in [0.717, 1.165) is 25.5 Å². The van der Waals surface area contributed by atoms with E-state index in [2.05, 4.69) is 0 Å².